The van der Waals surface area contributed by atoms with E-state index in [0.29, 0.717) is 5.92 Å². The SMILES string of the molecule is Clc1ccccc1C1CCCCCNNNNC(c2ccccc2Cl)C1. The summed E-state index contributed by atoms with van der Waals surface area (Å²) in [4.78, 5) is 0. The Morgan fingerprint density at radius 1 is 0.769 bits per heavy atom. The van der Waals surface area contributed by atoms with Gasteiger partial charge < -0.3 is 0 Å². The minimum Gasteiger partial charge on any atom is -0.243 e. The van der Waals surface area contributed by atoms with Crippen LogP contribution in [0.2, 0.25) is 10.0 Å². The summed E-state index contributed by atoms with van der Waals surface area (Å²) in [6, 6.07) is 16.2. The summed E-state index contributed by atoms with van der Waals surface area (Å²) >= 11 is 13.0. The Morgan fingerprint density at radius 3 is 2.19 bits per heavy atom. The molecule has 0 bridgehead atoms. The highest BCUT2D eigenvalue weighted by atomic mass is 35.5. The van der Waals surface area contributed by atoms with Gasteiger partial charge in [-0.2, -0.15) is 11.1 Å². The molecule has 2 unspecified atom stereocenters. The molecule has 0 aromatic heterocycles. The zero-order chi connectivity index (χ0) is 18.2. The Morgan fingerprint density at radius 2 is 1.46 bits per heavy atom. The van der Waals surface area contributed by atoms with Crippen LogP contribution in [-0.2, 0) is 0 Å². The van der Waals surface area contributed by atoms with Crippen LogP contribution in [0.5, 0.6) is 0 Å². The van der Waals surface area contributed by atoms with E-state index in [1.54, 1.807) is 0 Å². The van der Waals surface area contributed by atoms with Crippen molar-refractivity contribution in [3.63, 3.8) is 0 Å². The Hall–Kier alpha value is -1.14. The first-order chi connectivity index (χ1) is 12.8. The van der Waals surface area contributed by atoms with Gasteiger partial charge in [0.25, 0.3) is 0 Å². The minimum absolute atomic E-state index is 0.0544. The third kappa shape index (κ3) is 5.43. The van der Waals surface area contributed by atoms with Crippen molar-refractivity contribution < 1.29 is 0 Å². The fourth-order valence-electron chi connectivity index (χ4n) is 3.52. The molecule has 4 nitrogen and oxygen atoms in total. The zero-order valence-electron chi connectivity index (χ0n) is 14.8. The van der Waals surface area contributed by atoms with E-state index in [0.717, 1.165) is 41.4 Å². The van der Waals surface area contributed by atoms with Gasteiger partial charge in [-0.1, -0.05) is 72.4 Å². The van der Waals surface area contributed by atoms with Crippen LogP contribution in [-0.4, -0.2) is 6.54 Å². The molecular weight excluding hydrogens is 367 g/mol. The monoisotopic (exact) mass is 392 g/mol. The van der Waals surface area contributed by atoms with Gasteiger partial charge in [-0.25, -0.2) is 10.9 Å². The van der Waals surface area contributed by atoms with Crippen LogP contribution < -0.4 is 21.9 Å². The van der Waals surface area contributed by atoms with E-state index in [9.17, 15) is 0 Å². The highest BCUT2D eigenvalue weighted by Gasteiger charge is 2.22. The van der Waals surface area contributed by atoms with E-state index in [1.165, 1.54) is 18.4 Å². The van der Waals surface area contributed by atoms with Crippen LogP contribution in [0, 0.1) is 0 Å². The van der Waals surface area contributed by atoms with Crippen molar-refractivity contribution in [2.24, 2.45) is 0 Å². The third-order valence-electron chi connectivity index (χ3n) is 4.90. The van der Waals surface area contributed by atoms with Gasteiger partial charge in [-0.05, 0) is 48.4 Å². The molecule has 2 aromatic carbocycles. The molecule has 1 heterocycles. The quantitative estimate of drug-likeness (QED) is 0.587. The standard InChI is InChI=1S/C20H26Cl2N4/c21-18-11-5-3-9-16(18)15-8-2-1-7-13-23-25-26-24-20(14-15)17-10-4-6-12-19(17)22/h3-6,9-12,15,20,23-26H,1-2,7-8,13-14H2. The summed E-state index contributed by atoms with van der Waals surface area (Å²) < 4.78 is 0. The molecule has 140 valence electrons. The molecule has 0 saturated carbocycles. The molecule has 2 atom stereocenters. The molecule has 0 amide bonds. The Balaban J connectivity index is 1.87. The van der Waals surface area contributed by atoms with E-state index in [2.05, 4.69) is 40.1 Å². The molecule has 6 heteroatoms. The summed E-state index contributed by atoms with van der Waals surface area (Å²) in [5.74, 6) is 0.367. The minimum atomic E-state index is 0.0544. The molecule has 0 aliphatic carbocycles. The molecule has 4 N–H and O–H groups in total. The summed E-state index contributed by atoms with van der Waals surface area (Å²) in [5.41, 5.74) is 14.9. The normalized spacial score (nSPS) is 23.0. The van der Waals surface area contributed by atoms with Crippen LogP contribution in [0.15, 0.2) is 48.5 Å². The first-order valence-corrected chi connectivity index (χ1v) is 9.98. The summed E-state index contributed by atoms with van der Waals surface area (Å²) in [6.45, 7) is 0.919. The lowest BCUT2D eigenvalue weighted by Crippen LogP contribution is -2.52. The van der Waals surface area contributed by atoms with Gasteiger partial charge in [0.2, 0.25) is 0 Å². The van der Waals surface area contributed by atoms with Crippen molar-refractivity contribution in [2.45, 2.75) is 44.1 Å². The fraction of sp³-hybridized carbons (Fsp3) is 0.400. The Kier molecular flexibility index (Phi) is 7.74. The second kappa shape index (κ2) is 10.3. The maximum Gasteiger partial charge on any atom is 0.0496 e. The van der Waals surface area contributed by atoms with Crippen molar-refractivity contribution in [1.29, 1.82) is 0 Å². The molecular formula is C20H26Cl2N4. The molecule has 0 radical (unpaired) electrons. The average Bonchev–Trinajstić information content (AvgIpc) is 2.64. The van der Waals surface area contributed by atoms with Gasteiger partial charge in [-0.15, -0.1) is 0 Å². The zero-order valence-corrected chi connectivity index (χ0v) is 16.3. The number of hydrogen-bond donors (Lipinski definition) is 4. The van der Waals surface area contributed by atoms with E-state index >= 15 is 0 Å². The lowest BCUT2D eigenvalue weighted by atomic mass is 9.85. The van der Waals surface area contributed by atoms with Crippen LogP contribution in [0.3, 0.4) is 0 Å². The van der Waals surface area contributed by atoms with E-state index < -0.39 is 0 Å². The molecule has 0 spiro atoms. The van der Waals surface area contributed by atoms with Crippen molar-refractivity contribution in [3.8, 4) is 0 Å². The summed E-state index contributed by atoms with van der Waals surface area (Å²) in [6.07, 6.45) is 5.53. The second-order valence-corrected chi connectivity index (χ2v) is 7.51. The largest absolute Gasteiger partial charge is 0.243 e. The lowest BCUT2D eigenvalue weighted by molar-refractivity contribution is 0.299. The molecule has 3 rings (SSSR count). The van der Waals surface area contributed by atoms with E-state index in [-0.39, 0.29) is 6.04 Å². The van der Waals surface area contributed by atoms with Gasteiger partial charge in [0, 0.05) is 22.6 Å². The predicted octanol–water partition coefficient (Wildman–Crippen LogP) is 4.89. The first kappa shape index (κ1) is 19.6. The smallest absolute Gasteiger partial charge is 0.0496 e. The maximum atomic E-state index is 6.52. The van der Waals surface area contributed by atoms with Crippen LogP contribution in [0.1, 0.15) is 55.2 Å². The van der Waals surface area contributed by atoms with Gasteiger partial charge in [0.05, 0.1) is 0 Å². The maximum absolute atomic E-state index is 6.52. The molecule has 2 aromatic rings. The Labute approximate surface area is 165 Å². The second-order valence-electron chi connectivity index (χ2n) is 6.70. The van der Waals surface area contributed by atoms with Gasteiger partial charge >= 0.3 is 0 Å². The van der Waals surface area contributed by atoms with Crippen LogP contribution in [0.25, 0.3) is 0 Å². The average molecular weight is 393 g/mol. The summed E-state index contributed by atoms with van der Waals surface area (Å²) in [7, 11) is 0. The molecule has 26 heavy (non-hydrogen) atoms. The van der Waals surface area contributed by atoms with Crippen molar-refractivity contribution >= 4 is 23.2 Å². The van der Waals surface area contributed by atoms with Crippen molar-refractivity contribution in [2.75, 3.05) is 6.54 Å². The van der Waals surface area contributed by atoms with Gasteiger partial charge in [0.15, 0.2) is 0 Å². The van der Waals surface area contributed by atoms with E-state index in [4.69, 9.17) is 23.2 Å². The Bertz CT molecular complexity index is 638. The molecule has 1 aliphatic rings. The van der Waals surface area contributed by atoms with Crippen LogP contribution >= 0.6 is 23.2 Å². The fourth-order valence-corrected chi connectivity index (χ4v) is 4.08. The van der Waals surface area contributed by atoms with Gasteiger partial charge in [-0.3, -0.25) is 0 Å². The third-order valence-corrected chi connectivity index (χ3v) is 5.59. The first-order valence-electron chi connectivity index (χ1n) is 9.23. The number of hydrogen-bond acceptors (Lipinski definition) is 4. The predicted molar refractivity (Wildman–Crippen MR) is 109 cm³/mol. The van der Waals surface area contributed by atoms with Gasteiger partial charge in [0.1, 0.15) is 0 Å². The molecule has 1 saturated heterocycles. The topological polar surface area (TPSA) is 48.1 Å². The highest BCUT2D eigenvalue weighted by molar-refractivity contribution is 6.31. The number of benzene rings is 2. The number of rotatable bonds is 2. The number of hydrazine groups is 3. The lowest BCUT2D eigenvalue weighted by Gasteiger charge is -2.27. The van der Waals surface area contributed by atoms with Crippen molar-refractivity contribution in [3.05, 3.63) is 69.7 Å². The van der Waals surface area contributed by atoms with Crippen molar-refractivity contribution in [1.82, 2.24) is 21.9 Å². The molecule has 1 fully saturated rings. The highest BCUT2D eigenvalue weighted by Crippen LogP contribution is 2.37. The molecule has 1 aliphatic heterocycles. The van der Waals surface area contributed by atoms with Crippen LogP contribution in [0.4, 0.5) is 0 Å². The van der Waals surface area contributed by atoms with E-state index in [1.807, 2.05) is 30.3 Å². The number of halogens is 2. The number of nitrogens with one attached hydrogen (secondary N) is 4. The summed E-state index contributed by atoms with van der Waals surface area (Å²) in [5, 5.41) is 1.61.